The largest absolute Gasteiger partial charge is 0.389 e. The van der Waals surface area contributed by atoms with E-state index in [1.807, 2.05) is 26.0 Å². The zero-order valence-electron chi connectivity index (χ0n) is 25.1. The second-order valence-electron chi connectivity index (χ2n) is 12.6. The van der Waals surface area contributed by atoms with E-state index in [1.54, 1.807) is 6.08 Å². The fraction of sp³-hybridized carbons (Fsp3) is 0.613. The number of amidine groups is 1. The molecule has 3 aliphatic heterocycles. The quantitative estimate of drug-likeness (QED) is 0.413. The summed E-state index contributed by atoms with van der Waals surface area (Å²) in [5, 5.41) is 4.08. The van der Waals surface area contributed by atoms with Gasteiger partial charge in [-0.05, 0) is 93.0 Å². The average molecular weight is 637 g/mol. The number of likely N-dealkylation sites (tertiary alicyclic amines) is 1. The third-order valence-electron chi connectivity index (χ3n) is 9.53. The van der Waals surface area contributed by atoms with Crippen molar-refractivity contribution in [2.24, 2.45) is 16.8 Å². The molecule has 2 saturated heterocycles. The van der Waals surface area contributed by atoms with Crippen LogP contribution in [0.1, 0.15) is 86.5 Å². The zero-order valence-corrected chi connectivity index (χ0v) is 25.9. The molecule has 0 bridgehead atoms. The van der Waals surface area contributed by atoms with Gasteiger partial charge in [-0.1, -0.05) is 12.1 Å². The molecule has 5 rings (SSSR count). The first-order valence-corrected chi connectivity index (χ1v) is 16.8. The van der Waals surface area contributed by atoms with Gasteiger partial charge in [0.05, 0.1) is 6.54 Å². The maximum atomic E-state index is 13.2. The van der Waals surface area contributed by atoms with Gasteiger partial charge in [0.15, 0.2) is 0 Å². The summed E-state index contributed by atoms with van der Waals surface area (Å²) in [6.45, 7) is 4.17. The minimum absolute atomic E-state index is 0.000599. The molecule has 0 aromatic heterocycles. The van der Waals surface area contributed by atoms with Gasteiger partial charge >= 0.3 is 6.18 Å². The number of nitrogens with zero attached hydrogens (tertiary/aromatic N) is 3. The Morgan fingerprint density at radius 2 is 1.59 bits per heavy atom. The summed E-state index contributed by atoms with van der Waals surface area (Å²) >= 11 is 0. The van der Waals surface area contributed by atoms with Crippen molar-refractivity contribution in [1.82, 2.24) is 14.5 Å². The highest BCUT2D eigenvalue weighted by Crippen LogP contribution is 2.38. The summed E-state index contributed by atoms with van der Waals surface area (Å²) in [5.74, 6) is 0.00529. The fourth-order valence-corrected chi connectivity index (χ4v) is 8.09. The van der Waals surface area contributed by atoms with E-state index in [0.29, 0.717) is 31.5 Å². The minimum Gasteiger partial charge on any atom is -0.312 e. The Labute approximate surface area is 256 Å². The van der Waals surface area contributed by atoms with Gasteiger partial charge in [0.1, 0.15) is 11.4 Å². The highest BCUT2D eigenvalue weighted by molar-refractivity contribution is 7.92. The number of benzene rings is 1. The number of hydrogen-bond acceptors (Lipinski definition) is 6. The van der Waals surface area contributed by atoms with Crippen LogP contribution >= 0.6 is 0 Å². The van der Waals surface area contributed by atoms with Crippen molar-refractivity contribution >= 4 is 39.7 Å². The summed E-state index contributed by atoms with van der Waals surface area (Å²) in [5.41, 5.74) is 2.17. The Balaban J connectivity index is 1.18. The number of carbonyl (C=O) groups excluding carboxylic acids is 3. The molecule has 1 spiro atoms. The number of sulfonamides is 1. The number of nitrogens with one attached hydrogen (secondary N) is 1. The zero-order chi connectivity index (χ0) is 31.9. The van der Waals surface area contributed by atoms with E-state index in [9.17, 15) is 36.0 Å². The van der Waals surface area contributed by atoms with Crippen LogP contribution in [0.25, 0.3) is 6.08 Å². The summed E-state index contributed by atoms with van der Waals surface area (Å²) in [6.07, 6.45) is 0.411. The molecule has 1 N–H and O–H groups in total. The Morgan fingerprint density at radius 1 is 1.00 bits per heavy atom. The van der Waals surface area contributed by atoms with Crippen molar-refractivity contribution in [3.05, 3.63) is 39.8 Å². The Hall–Kier alpha value is -3.06. The summed E-state index contributed by atoms with van der Waals surface area (Å²) in [7, 11) is -3.78. The molecule has 1 aliphatic carbocycles. The highest BCUT2D eigenvalue weighted by atomic mass is 32.2. The smallest absolute Gasteiger partial charge is 0.312 e. The monoisotopic (exact) mass is 636 g/mol. The number of piperidine rings is 1. The van der Waals surface area contributed by atoms with Crippen LogP contribution in [0.15, 0.2) is 22.5 Å². The number of amides is 3. The third kappa shape index (κ3) is 7.09. The van der Waals surface area contributed by atoms with Crippen LogP contribution in [-0.4, -0.2) is 66.0 Å². The molecular weight excluding hydrogens is 597 g/mol. The molecule has 3 fully saturated rings. The van der Waals surface area contributed by atoms with Gasteiger partial charge in [0.2, 0.25) is 21.8 Å². The number of rotatable bonds is 8. The molecule has 3 amide bonds. The number of hydrogen-bond donors (Lipinski definition) is 1. The Kier molecular flexibility index (Phi) is 9.10. The molecule has 240 valence electrons. The summed E-state index contributed by atoms with van der Waals surface area (Å²) < 4.78 is 65.6. The Morgan fingerprint density at radius 3 is 2.16 bits per heavy atom. The van der Waals surface area contributed by atoms with Gasteiger partial charge in [0.25, 0.3) is 5.91 Å². The lowest BCUT2D eigenvalue weighted by molar-refractivity contribution is -0.139. The normalized spacial score (nSPS) is 24.9. The van der Waals surface area contributed by atoms with E-state index >= 15 is 0 Å². The van der Waals surface area contributed by atoms with Gasteiger partial charge in [0, 0.05) is 43.7 Å². The van der Waals surface area contributed by atoms with Crippen molar-refractivity contribution < 1.29 is 36.0 Å². The van der Waals surface area contributed by atoms with E-state index in [-0.39, 0.29) is 81.3 Å². The summed E-state index contributed by atoms with van der Waals surface area (Å²) in [4.78, 5) is 43.0. The second kappa shape index (κ2) is 12.4. The average Bonchev–Trinajstić information content (AvgIpc) is 3.44. The SMILES string of the molecule is Cc1cc(CN2C(=O)CCC2=O)cc(C)c1/C=C/S(=O)(=O)N1CCC2(CC1)N=C(C1CCC(CCC(F)(F)F)CC1)NC2=O. The highest BCUT2D eigenvalue weighted by Gasteiger charge is 2.48. The molecule has 3 heterocycles. The lowest BCUT2D eigenvalue weighted by Gasteiger charge is -2.34. The number of aryl methyl sites for hydroxylation is 2. The molecule has 1 saturated carbocycles. The standard InChI is InChI=1S/C31H39F3N4O5S/c1-20-17-23(19-38-26(39)7-8-27(38)40)18-21(2)25(20)10-16-44(42,43)37-14-12-30(13-15-37)29(41)35-28(36-30)24-5-3-22(4-6-24)9-11-31(32,33)34/h10,16-18,22,24H,3-9,11-15,19H2,1-2H3,(H,35,36,41)/b16-10+. The first kappa shape index (κ1) is 32.3. The molecule has 1 aromatic rings. The van der Waals surface area contributed by atoms with Gasteiger partial charge in [-0.25, -0.2) is 8.42 Å². The van der Waals surface area contributed by atoms with Crippen molar-refractivity contribution in [3.8, 4) is 0 Å². The lowest BCUT2D eigenvalue weighted by atomic mass is 9.79. The fourth-order valence-electron chi connectivity index (χ4n) is 6.92. The van der Waals surface area contributed by atoms with Crippen LogP contribution < -0.4 is 5.32 Å². The topological polar surface area (TPSA) is 116 Å². The van der Waals surface area contributed by atoms with Crippen LogP contribution in [0.2, 0.25) is 0 Å². The number of halogens is 3. The van der Waals surface area contributed by atoms with Crippen molar-refractivity contribution in [2.45, 2.75) is 96.3 Å². The van der Waals surface area contributed by atoms with Crippen molar-refractivity contribution in [1.29, 1.82) is 0 Å². The number of alkyl halides is 3. The predicted octanol–water partition coefficient (Wildman–Crippen LogP) is 4.76. The molecule has 0 unspecified atom stereocenters. The van der Waals surface area contributed by atoms with Gasteiger partial charge in [-0.3, -0.25) is 24.3 Å². The van der Waals surface area contributed by atoms with Gasteiger partial charge < -0.3 is 5.32 Å². The molecule has 0 radical (unpaired) electrons. The van der Waals surface area contributed by atoms with Crippen LogP contribution in [0.4, 0.5) is 13.2 Å². The molecule has 9 nitrogen and oxygen atoms in total. The number of carbonyl (C=O) groups is 3. The number of aliphatic imine (C=N–C) groups is 1. The molecule has 1 aromatic carbocycles. The van der Waals surface area contributed by atoms with E-state index in [4.69, 9.17) is 4.99 Å². The first-order chi connectivity index (χ1) is 20.7. The third-order valence-corrected chi connectivity index (χ3v) is 11.1. The molecule has 4 aliphatic rings. The number of imide groups is 1. The molecule has 13 heteroatoms. The van der Waals surface area contributed by atoms with Crippen molar-refractivity contribution in [3.63, 3.8) is 0 Å². The maximum Gasteiger partial charge on any atom is 0.389 e. The van der Waals surface area contributed by atoms with Crippen molar-refractivity contribution in [2.75, 3.05) is 13.1 Å². The maximum absolute atomic E-state index is 13.2. The van der Waals surface area contributed by atoms with Gasteiger partial charge in [-0.2, -0.15) is 17.5 Å². The van der Waals surface area contributed by atoms with Crippen LogP contribution in [0, 0.1) is 25.7 Å². The van der Waals surface area contributed by atoms with E-state index in [1.165, 1.54) is 14.6 Å². The Bertz CT molecular complexity index is 1450. The second-order valence-corrected chi connectivity index (χ2v) is 14.4. The first-order valence-electron chi connectivity index (χ1n) is 15.3. The minimum atomic E-state index is -4.14. The molecule has 44 heavy (non-hydrogen) atoms. The van der Waals surface area contributed by atoms with Gasteiger partial charge in [-0.15, -0.1) is 0 Å². The summed E-state index contributed by atoms with van der Waals surface area (Å²) in [6, 6.07) is 3.71. The molecule has 0 atom stereocenters. The van der Waals surface area contributed by atoms with E-state index in [2.05, 4.69) is 5.32 Å². The molecular formula is C31H39F3N4O5S. The van der Waals surface area contributed by atoms with E-state index in [0.717, 1.165) is 22.3 Å². The van der Waals surface area contributed by atoms with Crippen LogP contribution in [0.5, 0.6) is 0 Å². The van der Waals surface area contributed by atoms with Crippen LogP contribution in [-0.2, 0) is 31.0 Å². The lowest BCUT2D eigenvalue weighted by Crippen LogP contribution is -2.50. The van der Waals surface area contributed by atoms with E-state index < -0.39 is 28.2 Å². The predicted molar refractivity (Wildman–Crippen MR) is 159 cm³/mol. The van der Waals surface area contributed by atoms with Crippen LogP contribution in [0.3, 0.4) is 0 Å².